The summed E-state index contributed by atoms with van der Waals surface area (Å²) in [5, 5.41) is 11.0. The molecular weight excluding hydrogens is 548 g/mol. The molecule has 0 unspecified atom stereocenters. The van der Waals surface area contributed by atoms with Gasteiger partial charge in [-0.1, -0.05) is 153 Å². The standard InChI is InChI=1S/C12H15N3.C9H12.C7H8.C4H8.C3H8.C2H7N.2C2H6/c1-4-12-14-13-10(3)15(12)11-7-5-6-9(2)8-11;1-3-9-6-4-5-8(2)7-9;1-7-5-3-2-4-6-7;1-3-4-2;2*1-3-2;2*1-2/h5-8H,4H2,1-3H3;4-7H,3H2,1-2H3;2-6H,1H3;3H,1,4H2,2H3;3H2,1-2H3;3H,1-2H3;2*1-2H3. The maximum atomic E-state index is 4.15. The van der Waals surface area contributed by atoms with Crippen LogP contribution in [0.4, 0.5) is 0 Å². The van der Waals surface area contributed by atoms with E-state index in [0.717, 1.165) is 36.6 Å². The molecule has 0 radical (unpaired) electrons. The summed E-state index contributed by atoms with van der Waals surface area (Å²) in [6.45, 7) is 30.3. The van der Waals surface area contributed by atoms with Gasteiger partial charge in [0.1, 0.15) is 11.6 Å². The zero-order valence-corrected chi connectivity index (χ0v) is 32.0. The summed E-state index contributed by atoms with van der Waals surface area (Å²) in [4.78, 5) is 0. The van der Waals surface area contributed by atoms with E-state index in [4.69, 9.17) is 0 Å². The van der Waals surface area contributed by atoms with E-state index in [1.54, 1.807) is 0 Å². The second kappa shape index (κ2) is 36.7. The minimum absolute atomic E-state index is 0.898. The maximum Gasteiger partial charge on any atom is 0.137 e. The van der Waals surface area contributed by atoms with Crippen molar-refractivity contribution >= 4 is 0 Å². The van der Waals surface area contributed by atoms with Gasteiger partial charge in [0.15, 0.2) is 0 Å². The molecular formula is C41H70N4. The fourth-order valence-corrected chi connectivity index (χ4v) is 3.20. The summed E-state index contributed by atoms with van der Waals surface area (Å²) in [6, 6.07) is 27.3. The second-order valence-electron chi connectivity index (χ2n) is 9.59. The van der Waals surface area contributed by atoms with Crippen LogP contribution in [0.25, 0.3) is 5.69 Å². The van der Waals surface area contributed by atoms with E-state index in [1.807, 2.05) is 73.0 Å². The van der Waals surface area contributed by atoms with E-state index in [2.05, 4.69) is 143 Å². The van der Waals surface area contributed by atoms with Gasteiger partial charge in [0.25, 0.3) is 0 Å². The van der Waals surface area contributed by atoms with E-state index < -0.39 is 0 Å². The highest BCUT2D eigenvalue weighted by atomic mass is 15.3. The van der Waals surface area contributed by atoms with Gasteiger partial charge in [-0.05, 0) is 77.9 Å². The first-order valence-electron chi connectivity index (χ1n) is 16.9. The molecule has 4 nitrogen and oxygen atoms in total. The van der Waals surface area contributed by atoms with Crippen LogP contribution in [0.15, 0.2) is 91.5 Å². The Hall–Kier alpha value is -3.50. The Morgan fingerprint density at radius 2 is 1.09 bits per heavy atom. The average molecular weight is 619 g/mol. The predicted molar refractivity (Wildman–Crippen MR) is 206 cm³/mol. The smallest absolute Gasteiger partial charge is 0.137 e. The van der Waals surface area contributed by atoms with E-state index in [1.165, 1.54) is 28.7 Å². The molecule has 0 aliphatic heterocycles. The molecule has 0 aliphatic rings. The van der Waals surface area contributed by atoms with Gasteiger partial charge in [-0.2, -0.15) is 0 Å². The van der Waals surface area contributed by atoms with Crippen LogP contribution in [0, 0.1) is 27.7 Å². The lowest BCUT2D eigenvalue weighted by molar-refractivity contribution is 0.870. The van der Waals surface area contributed by atoms with Gasteiger partial charge in [0.05, 0.1) is 0 Å². The monoisotopic (exact) mass is 619 g/mol. The van der Waals surface area contributed by atoms with Crippen molar-refractivity contribution in [3.8, 4) is 5.69 Å². The third-order valence-corrected chi connectivity index (χ3v) is 5.19. The summed E-state index contributed by atoms with van der Waals surface area (Å²) >= 11 is 0. The van der Waals surface area contributed by atoms with Crippen molar-refractivity contribution < 1.29 is 0 Å². The minimum atomic E-state index is 0.898. The molecule has 0 saturated heterocycles. The predicted octanol–water partition coefficient (Wildman–Crippen LogP) is 11.9. The van der Waals surface area contributed by atoms with Crippen molar-refractivity contribution in [2.24, 2.45) is 0 Å². The molecule has 1 aromatic heterocycles. The molecule has 0 spiro atoms. The van der Waals surface area contributed by atoms with Crippen molar-refractivity contribution in [3.05, 3.63) is 125 Å². The normalized spacial score (nSPS) is 8.42. The summed E-state index contributed by atoms with van der Waals surface area (Å²) in [5.74, 6) is 1.95. The maximum absolute atomic E-state index is 4.15. The summed E-state index contributed by atoms with van der Waals surface area (Å²) in [7, 11) is 3.75. The molecule has 0 saturated carbocycles. The molecule has 3 aromatic carbocycles. The molecule has 4 aromatic rings. The van der Waals surface area contributed by atoms with Gasteiger partial charge in [0, 0.05) is 12.1 Å². The highest BCUT2D eigenvalue weighted by Gasteiger charge is 2.08. The zero-order chi connectivity index (χ0) is 35.5. The second-order valence-corrected chi connectivity index (χ2v) is 9.59. The van der Waals surface area contributed by atoms with Gasteiger partial charge >= 0.3 is 0 Å². The van der Waals surface area contributed by atoms with Crippen molar-refractivity contribution in [2.75, 3.05) is 14.1 Å². The number of allylic oxidation sites excluding steroid dienone is 1. The van der Waals surface area contributed by atoms with Crippen LogP contribution in [-0.2, 0) is 12.8 Å². The van der Waals surface area contributed by atoms with Crippen LogP contribution >= 0.6 is 0 Å². The van der Waals surface area contributed by atoms with Crippen molar-refractivity contribution in [3.63, 3.8) is 0 Å². The number of benzene rings is 3. The van der Waals surface area contributed by atoms with Gasteiger partial charge in [-0.25, -0.2) is 0 Å². The molecule has 4 heteroatoms. The molecule has 4 rings (SSSR count). The number of aryl methyl sites for hydroxylation is 6. The van der Waals surface area contributed by atoms with Crippen LogP contribution < -0.4 is 5.32 Å². The first kappa shape index (κ1) is 48.4. The topological polar surface area (TPSA) is 42.7 Å². The van der Waals surface area contributed by atoms with Crippen molar-refractivity contribution in [1.82, 2.24) is 20.1 Å². The Morgan fingerprint density at radius 1 is 0.644 bits per heavy atom. The fraction of sp³-hybridized carbons (Fsp3) is 0.463. The third kappa shape index (κ3) is 27.8. The number of hydrogen-bond acceptors (Lipinski definition) is 3. The Kier molecular flexibility index (Phi) is 39.5. The molecule has 0 bridgehead atoms. The molecule has 0 fully saturated rings. The lowest BCUT2D eigenvalue weighted by Crippen LogP contribution is -2.02. The van der Waals surface area contributed by atoms with E-state index in [0.29, 0.717) is 0 Å². The highest BCUT2D eigenvalue weighted by molar-refractivity contribution is 5.37. The SMILES string of the molecule is C=CCC.CC.CC.CCC.CCc1cccc(C)c1.CCc1nnc(C)n1-c1cccc(C)c1.CNC.Cc1ccccc1. The number of aromatic nitrogens is 3. The van der Waals surface area contributed by atoms with Crippen molar-refractivity contribution in [2.45, 2.75) is 116 Å². The first-order valence-corrected chi connectivity index (χ1v) is 16.9. The Labute approximate surface area is 280 Å². The van der Waals surface area contributed by atoms with E-state index >= 15 is 0 Å². The molecule has 0 amide bonds. The summed E-state index contributed by atoms with van der Waals surface area (Å²) in [5.41, 5.74) is 6.50. The van der Waals surface area contributed by atoms with Crippen LogP contribution in [0.2, 0.25) is 0 Å². The average Bonchev–Trinajstić information content (AvgIpc) is 3.45. The van der Waals surface area contributed by atoms with Gasteiger partial charge < -0.3 is 5.32 Å². The molecule has 1 N–H and O–H groups in total. The number of hydrogen-bond donors (Lipinski definition) is 1. The Bertz CT molecular complexity index is 1150. The Balaban J connectivity index is -0.000000242. The quantitative estimate of drug-likeness (QED) is 0.231. The minimum Gasteiger partial charge on any atom is -0.323 e. The first-order chi connectivity index (χ1) is 21.7. The molecule has 0 atom stereocenters. The Morgan fingerprint density at radius 3 is 1.42 bits per heavy atom. The van der Waals surface area contributed by atoms with Crippen LogP contribution in [-0.4, -0.2) is 28.9 Å². The molecule has 45 heavy (non-hydrogen) atoms. The summed E-state index contributed by atoms with van der Waals surface area (Å²) < 4.78 is 2.10. The number of nitrogens with zero attached hydrogens (tertiary/aromatic N) is 3. The van der Waals surface area contributed by atoms with Crippen LogP contribution in [0.1, 0.15) is 109 Å². The van der Waals surface area contributed by atoms with Crippen molar-refractivity contribution in [1.29, 1.82) is 0 Å². The van der Waals surface area contributed by atoms with Gasteiger partial charge in [-0.15, -0.1) is 16.8 Å². The third-order valence-electron chi connectivity index (χ3n) is 5.19. The van der Waals surface area contributed by atoms with Gasteiger partial charge in [-0.3, -0.25) is 4.57 Å². The zero-order valence-electron chi connectivity index (χ0n) is 32.0. The fourth-order valence-electron chi connectivity index (χ4n) is 3.20. The van der Waals surface area contributed by atoms with Crippen LogP contribution in [0.5, 0.6) is 0 Å². The van der Waals surface area contributed by atoms with E-state index in [-0.39, 0.29) is 0 Å². The van der Waals surface area contributed by atoms with E-state index in [9.17, 15) is 0 Å². The molecule has 254 valence electrons. The lowest BCUT2D eigenvalue weighted by atomic mass is 10.1. The number of nitrogens with one attached hydrogen (secondary N) is 1. The lowest BCUT2D eigenvalue weighted by Gasteiger charge is -2.07. The number of rotatable bonds is 4. The summed E-state index contributed by atoms with van der Waals surface area (Å²) in [6.07, 6.45) is 6.25. The molecule has 1 heterocycles. The molecule has 0 aliphatic carbocycles. The van der Waals surface area contributed by atoms with Crippen LogP contribution in [0.3, 0.4) is 0 Å². The highest BCUT2D eigenvalue weighted by Crippen LogP contribution is 2.14. The van der Waals surface area contributed by atoms with Gasteiger partial charge in [0.2, 0.25) is 0 Å². The largest absolute Gasteiger partial charge is 0.323 e.